The van der Waals surface area contributed by atoms with Crippen molar-refractivity contribution in [1.29, 1.82) is 0 Å². The third kappa shape index (κ3) is 5.73. The Morgan fingerprint density at radius 1 is 1.00 bits per heavy atom. The lowest BCUT2D eigenvalue weighted by atomic mass is 9.98. The first-order valence-corrected chi connectivity index (χ1v) is 11.0. The average molecular weight is 472 g/mol. The van der Waals surface area contributed by atoms with E-state index in [0.29, 0.717) is 17.5 Å². The number of hydrogen-bond acceptors (Lipinski definition) is 7. The van der Waals surface area contributed by atoms with Crippen molar-refractivity contribution in [3.63, 3.8) is 0 Å². The van der Waals surface area contributed by atoms with Gasteiger partial charge in [0.2, 0.25) is 0 Å². The van der Waals surface area contributed by atoms with E-state index in [2.05, 4.69) is 15.0 Å². The smallest absolute Gasteiger partial charge is 0.337 e. The zero-order valence-corrected chi connectivity index (χ0v) is 19.5. The second-order valence-electron chi connectivity index (χ2n) is 7.77. The van der Waals surface area contributed by atoms with E-state index in [9.17, 15) is 9.59 Å². The fourth-order valence-electron chi connectivity index (χ4n) is 3.71. The van der Waals surface area contributed by atoms with Crippen LogP contribution in [0.15, 0.2) is 89.1 Å². The molecule has 0 bridgehead atoms. The van der Waals surface area contributed by atoms with E-state index in [1.807, 2.05) is 54.6 Å². The van der Waals surface area contributed by atoms with Crippen molar-refractivity contribution < 1.29 is 23.9 Å². The Hall–Kier alpha value is -4.46. The summed E-state index contributed by atoms with van der Waals surface area (Å²) in [5, 5.41) is 9.98. The highest BCUT2D eigenvalue weighted by molar-refractivity contribution is 6.03. The fraction of sp³-hybridized carbons (Fsp3) is 0.185. The summed E-state index contributed by atoms with van der Waals surface area (Å²) in [5.74, 6) is 0.0174. The first-order chi connectivity index (χ1) is 17.1. The molecule has 0 N–H and O–H groups in total. The average Bonchev–Trinajstić information content (AvgIpc) is 3.37. The molecule has 0 saturated carbocycles. The third-order valence-electron chi connectivity index (χ3n) is 5.57. The molecule has 3 aromatic rings. The number of benzene rings is 3. The monoisotopic (exact) mass is 471 g/mol. The lowest BCUT2D eigenvalue weighted by Gasteiger charge is -2.21. The van der Waals surface area contributed by atoms with Gasteiger partial charge in [0.05, 0.1) is 37.8 Å². The van der Waals surface area contributed by atoms with Gasteiger partial charge in [0.25, 0.3) is 5.91 Å². The van der Waals surface area contributed by atoms with Crippen molar-refractivity contribution in [2.45, 2.75) is 12.5 Å². The van der Waals surface area contributed by atoms with Gasteiger partial charge >= 0.3 is 5.97 Å². The van der Waals surface area contributed by atoms with Crippen molar-refractivity contribution in [1.82, 2.24) is 5.01 Å². The summed E-state index contributed by atoms with van der Waals surface area (Å²) >= 11 is 0. The van der Waals surface area contributed by atoms with Gasteiger partial charge in [0.15, 0.2) is 6.61 Å². The van der Waals surface area contributed by atoms with E-state index in [1.54, 1.807) is 31.4 Å². The molecule has 0 radical (unpaired) electrons. The van der Waals surface area contributed by atoms with Gasteiger partial charge in [0, 0.05) is 6.42 Å². The normalized spacial score (nSPS) is 15.1. The number of carbonyl (C=O) groups is 2. The number of esters is 1. The van der Waals surface area contributed by atoms with E-state index in [1.165, 1.54) is 18.3 Å². The van der Waals surface area contributed by atoms with Crippen LogP contribution in [0.2, 0.25) is 0 Å². The minimum absolute atomic E-state index is 0.262. The number of ether oxygens (including phenoxy) is 2. The quantitative estimate of drug-likeness (QED) is 0.279. The molecule has 1 aliphatic heterocycles. The van der Waals surface area contributed by atoms with Gasteiger partial charge in [-0.1, -0.05) is 59.8 Å². The van der Waals surface area contributed by atoms with E-state index >= 15 is 0 Å². The maximum absolute atomic E-state index is 13.0. The molecular formula is C27H25N3O5. The lowest BCUT2D eigenvalue weighted by Crippen LogP contribution is -2.30. The SMILES string of the molecule is COC(=O)c1ccc(/C=N/OCC(=O)N2N=C(c3ccccc3)CC2c2ccc(OC)cc2)cc1. The summed E-state index contributed by atoms with van der Waals surface area (Å²) in [6.45, 7) is -0.269. The number of amides is 1. The van der Waals surface area contributed by atoms with E-state index < -0.39 is 5.97 Å². The number of methoxy groups -OCH3 is 2. The van der Waals surface area contributed by atoms with Crippen molar-refractivity contribution in [3.8, 4) is 5.75 Å². The Balaban J connectivity index is 1.45. The molecule has 8 heteroatoms. The predicted octanol–water partition coefficient (Wildman–Crippen LogP) is 4.21. The number of carbonyl (C=O) groups excluding carboxylic acids is 2. The maximum atomic E-state index is 13.0. The summed E-state index contributed by atoms with van der Waals surface area (Å²) in [6, 6.07) is 23.8. The Labute approximate surface area is 203 Å². The largest absolute Gasteiger partial charge is 0.497 e. The summed E-state index contributed by atoms with van der Waals surface area (Å²) in [5.41, 5.74) is 3.89. The first-order valence-electron chi connectivity index (χ1n) is 11.0. The molecule has 1 amide bonds. The minimum Gasteiger partial charge on any atom is -0.497 e. The summed E-state index contributed by atoms with van der Waals surface area (Å²) in [4.78, 5) is 29.8. The zero-order chi connectivity index (χ0) is 24.6. The van der Waals surface area contributed by atoms with Gasteiger partial charge in [-0.3, -0.25) is 4.79 Å². The molecule has 3 aromatic carbocycles. The second kappa shape index (κ2) is 11.1. The van der Waals surface area contributed by atoms with Gasteiger partial charge in [-0.05, 0) is 41.0 Å². The van der Waals surface area contributed by atoms with Crippen LogP contribution in [0.1, 0.15) is 39.5 Å². The third-order valence-corrected chi connectivity index (χ3v) is 5.57. The van der Waals surface area contributed by atoms with Crippen LogP contribution in [0.3, 0.4) is 0 Å². The van der Waals surface area contributed by atoms with Crippen molar-refractivity contribution in [3.05, 3.63) is 101 Å². The highest BCUT2D eigenvalue weighted by Gasteiger charge is 2.33. The predicted molar refractivity (Wildman–Crippen MR) is 132 cm³/mol. The standard InChI is InChI=1S/C27H25N3O5/c1-33-23-14-12-21(13-15-23)25-16-24(20-6-4-3-5-7-20)29-30(25)26(31)18-35-28-17-19-8-10-22(11-9-19)27(32)34-2/h3-15,17,25H,16,18H2,1-2H3/b28-17+. The van der Waals surface area contributed by atoms with Gasteiger partial charge < -0.3 is 14.3 Å². The van der Waals surface area contributed by atoms with Crippen LogP contribution in [0.4, 0.5) is 0 Å². The molecule has 4 rings (SSSR count). The maximum Gasteiger partial charge on any atom is 0.337 e. The molecule has 0 saturated heterocycles. The van der Waals surface area contributed by atoms with Gasteiger partial charge in [-0.25, -0.2) is 9.80 Å². The second-order valence-corrected chi connectivity index (χ2v) is 7.77. The molecule has 1 atom stereocenters. The van der Waals surface area contributed by atoms with Crippen LogP contribution in [0, 0.1) is 0 Å². The van der Waals surface area contributed by atoms with E-state index in [0.717, 1.165) is 22.6 Å². The topological polar surface area (TPSA) is 89.8 Å². The van der Waals surface area contributed by atoms with Crippen molar-refractivity contribution >= 4 is 23.8 Å². The van der Waals surface area contributed by atoms with Crippen LogP contribution >= 0.6 is 0 Å². The van der Waals surface area contributed by atoms with Gasteiger partial charge in [-0.15, -0.1) is 0 Å². The number of nitrogens with zero attached hydrogens (tertiary/aromatic N) is 3. The minimum atomic E-state index is -0.414. The van der Waals surface area contributed by atoms with Crippen LogP contribution < -0.4 is 4.74 Å². The van der Waals surface area contributed by atoms with E-state index in [4.69, 9.17) is 9.57 Å². The first kappa shape index (κ1) is 23.7. The number of hydrazone groups is 1. The molecule has 1 heterocycles. The molecule has 178 valence electrons. The number of oxime groups is 1. The van der Waals surface area contributed by atoms with Crippen LogP contribution in [0.5, 0.6) is 5.75 Å². The molecule has 8 nitrogen and oxygen atoms in total. The molecule has 35 heavy (non-hydrogen) atoms. The molecule has 1 unspecified atom stereocenters. The Morgan fingerprint density at radius 3 is 2.37 bits per heavy atom. The molecule has 0 fully saturated rings. The van der Waals surface area contributed by atoms with Crippen LogP contribution in [0.25, 0.3) is 0 Å². The lowest BCUT2D eigenvalue weighted by molar-refractivity contribution is -0.137. The Morgan fingerprint density at radius 2 is 1.71 bits per heavy atom. The van der Waals surface area contributed by atoms with Crippen LogP contribution in [-0.4, -0.2) is 49.6 Å². The van der Waals surface area contributed by atoms with Crippen molar-refractivity contribution in [2.24, 2.45) is 10.3 Å². The summed E-state index contributed by atoms with van der Waals surface area (Å²) < 4.78 is 9.94. The summed E-state index contributed by atoms with van der Waals surface area (Å²) in [6.07, 6.45) is 2.05. The molecule has 0 aromatic heterocycles. The summed E-state index contributed by atoms with van der Waals surface area (Å²) in [7, 11) is 2.94. The molecule has 0 spiro atoms. The number of rotatable bonds is 8. The molecule has 1 aliphatic rings. The Kier molecular flexibility index (Phi) is 7.52. The highest BCUT2D eigenvalue weighted by atomic mass is 16.6. The molecule has 0 aliphatic carbocycles. The zero-order valence-electron chi connectivity index (χ0n) is 19.5. The van der Waals surface area contributed by atoms with E-state index in [-0.39, 0.29) is 18.6 Å². The van der Waals surface area contributed by atoms with Gasteiger partial charge in [0.1, 0.15) is 5.75 Å². The Bertz CT molecular complexity index is 1220. The van der Waals surface area contributed by atoms with Crippen molar-refractivity contribution in [2.75, 3.05) is 20.8 Å². The fourth-order valence-corrected chi connectivity index (χ4v) is 3.71. The van der Waals surface area contributed by atoms with Gasteiger partial charge in [-0.2, -0.15) is 5.10 Å². The molecular weight excluding hydrogens is 446 g/mol. The highest BCUT2D eigenvalue weighted by Crippen LogP contribution is 2.33. The number of hydrogen-bond donors (Lipinski definition) is 0. The van der Waals surface area contributed by atoms with Crippen LogP contribution in [-0.2, 0) is 14.4 Å².